The Morgan fingerprint density at radius 2 is 2.05 bits per heavy atom. The summed E-state index contributed by atoms with van der Waals surface area (Å²) < 4.78 is 22.7. The van der Waals surface area contributed by atoms with Crippen LogP contribution in [0.25, 0.3) is 23.1 Å². The van der Waals surface area contributed by atoms with Gasteiger partial charge in [-0.05, 0) is 44.8 Å². The van der Waals surface area contributed by atoms with Crippen molar-refractivity contribution in [2.75, 3.05) is 58.8 Å². The van der Waals surface area contributed by atoms with Crippen molar-refractivity contribution in [2.45, 2.75) is 31.3 Å². The van der Waals surface area contributed by atoms with Crippen molar-refractivity contribution in [3.8, 4) is 12.1 Å². The third-order valence-electron chi connectivity index (χ3n) is 8.01. The van der Waals surface area contributed by atoms with E-state index in [1.54, 1.807) is 31.4 Å². The predicted molar refractivity (Wildman–Crippen MR) is 160 cm³/mol. The molecule has 0 aliphatic carbocycles. The Bertz CT molecular complexity index is 1620. The topological polar surface area (TPSA) is 93.8 Å². The van der Waals surface area contributed by atoms with Crippen LogP contribution >= 0.6 is 11.6 Å². The van der Waals surface area contributed by atoms with Crippen molar-refractivity contribution in [1.29, 1.82) is 5.26 Å². The number of likely N-dealkylation sites (N-methyl/N-ethyl adjacent to an activating group) is 2. The maximum Gasteiger partial charge on any atom is 0.319 e. The first-order valence-electron chi connectivity index (χ1n) is 13.7. The Morgan fingerprint density at radius 1 is 1.24 bits per heavy atom. The number of ether oxygens (including phenoxy) is 1. The molecular weight excluding hydrogens is 543 g/mol. The first-order chi connectivity index (χ1) is 19.8. The summed E-state index contributed by atoms with van der Waals surface area (Å²) in [4.78, 5) is 24.5. The average Bonchev–Trinajstić information content (AvgIpc) is 3.37. The minimum atomic E-state index is -0.620. The number of nitriles is 1. The smallest absolute Gasteiger partial charge is 0.319 e. The minimum Gasteiger partial charge on any atom is -0.462 e. The summed E-state index contributed by atoms with van der Waals surface area (Å²) in [6.07, 6.45) is 5.64. The second-order valence-corrected chi connectivity index (χ2v) is 11.0. The van der Waals surface area contributed by atoms with Crippen molar-refractivity contribution in [3.63, 3.8) is 0 Å². The highest BCUT2D eigenvalue weighted by Crippen LogP contribution is 2.31. The summed E-state index contributed by atoms with van der Waals surface area (Å²) >= 11 is 6.54. The highest BCUT2D eigenvalue weighted by Gasteiger charge is 2.29. The molecule has 41 heavy (non-hydrogen) atoms. The van der Waals surface area contributed by atoms with Gasteiger partial charge in [0.1, 0.15) is 23.6 Å². The maximum absolute atomic E-state index is 16.5. The van der Waals surface area contributed by atoms with E-state index in [0.717, 1.165) is 25.9 Å². The van der Waals surface area contributed by atoms with Gasteiger partial charge in [0.05, 0.1) is 17.9 Å². The molecule has 2 fully saturated rings. The van der Waals surface area contributed by atoms with E-state index in [4.69, 9.17) is 21.3 Å². The van der Waals surface area contributed by atoms with Crippen molar-refractivity contribution in [3.05, 3.63) is 51.4 Å². The van der Waals surface area contributed by atoms with E-state index >= 15 is 4.39 Å². The summed E-state index contributed by atoms with van der Waals surface area (Å²) in [5, 5.41) is 11.4. The number of pyridine rings is 1. The molecule has 0 amide bonds. The number of piperazine rings is 1. The summed E-state index contributed by atoms with van der Waals surface area (Å²) in [5.74, 6) is -0.0778. The van der Waals surface area contributed by atoms with Crippen LogP contribution in [0.2, 0.25) is 5.02 Å². The zero-order valence-electron chi connectivity index (χ0n) is 23.6. The van der Waals surface area contributed by atoms with Gasteiger partial charge in [-0.15, -0.1) is 0 Å². The number of benzene rings is 1. The lowest BCUT2D eigenvalue weighted by Gasteiger charge is -2.39. The second kappa shape index (κ2) is 12.5. The van der Waals surface area contributed by atoms with Gasteiger partial charge in [0.25, 0.3) is 0 Å². The summed E-state index contributed by atoms with van der Waals surface area (Å²) in [5.41, 5.74) is 0.574. The van der Waals surface area contributed by atoms with Gasteiger partial charge >= 0.3 is 6.01 Å². The van der Waals surface area contributed by atoms with Gasteiger partial charge in [0, 0.05) is 67.0 Å². The largest absolute Gasteiger partial charge is 0.462 e. The lowest BCUT2D eigenvalue weighted by molar-refractivity contribution is 0.188. The van der Waals surface area contributed by atoms with Gasteiger partial charge in [0.15, 0.2) is 5.82 Å². The van der Waals surface area contributed by atoms with Crippen LogP contribution < -0.4 is 20.1 Å². The Morgan fingerprint density at radius 3 is 2.76 bits per heavy atom. The van der Waals surface area contributed by atoms with Crippen LogP contribution in [0.1, 0.15) is 25.0 Å². The van der Waals surface area contributed by atoms with Crippen molar-refractivity contribution < 1.29 is 9.13 Å². The van der Waals surface area contributed by atoms with Crippen LogP contribution in [0.15, 0.2) is 29.4 Å². The third kappa shape index (κ3) is 5.89. The molecule has 11 heteroatoms. The molecule has 2 aliphatic heterocycles. The highest BCUT2D eigenvalue weighted by atomic mass is 35.5. The zero-order chi connectivity index (χ0) is 29.1. The summed E-state index contributed by atoms with van der Waals surface area (Å²) in [6.45, 7) is 7.46. The number of aliphatic imine (C=N–C) groups is 1. The number of anilines is 1. The fourth-order valence-corrected chi connectivity index (χ4v) is 5.88. The van der Waals surface area contributed by atoms with E-state index in [2.05, 4.69) is 49.4 Å². The lowest BCUT2D eigenvalue weighted by Crippen LogP contribution is -2.51. The van der Waals surface area contributed by atoms with Crippen LogP contribution in [0.4, 0.5) is 10.2 Å². The third-order valence-corrected chi connectivity index (χ3v) is 8.32. The standard InChI is InChI=1S/C30H34ClFN8O/c1-19-7-5-9-24(31)25(19)22(15-34-2)27-26(32)28-23(16-35-27)29(40-14-13-39(4)20(17-40)10-11-33)37-30(36-28)41-18-21-8-6-12-38(21)3/h5,7,9,15-16,20-21H,1,6,8,10,12-14,17-18H2,2-4H3/b25-22-,34-15?/t20-,21-/m0/s1. The number of hydrogen-bond donors (Lipinski definition) is 0. The average molecular weight is 577 g/mol. The molecule has 2 atom stereocenters. The first-order valence-corrected chi connectivity index (χ1v) is 14.1. The number of nitrogens with zero attached hydrogens (tertiary/aromatic N) is 8. The molecule has 0 unspecified atom stereocenters. The molecule has 0 saturated carbocycles. The van der Waals surface area contributed by atoms with E-state index in [1.165, 1.54) is 6.21 Å². The lowest BCUT2D eigenvalue weighted by atomic mass is 10.1. The summed E-state index contributed by atoms with van der Waals surface area (Å²) in [7, 11) is 5.69. The van der Waals surface area contributed by atoms with Crippen LogP contribution in [0, 0.1) is 17.1 Å². The molecule has 1 aromatic carbocycles. The quantitative estimate of drug-likeness (QED) is 0.396. The van der Waals surface area contributed by atoms with Crippen LogP contribution in [-0.4, -0.2) is 97.0 Å². The number of halogens is 2. The minimum absolute atomic E-state index is 0.0174. The van der Waals surface area contributed by atoms with E-state index in [1.807, 2.05) is 7.05 Å². The first kappa shape index (κ1) is 28.9. The van der Waals surface area contributed by atoms with Gasteiger partial charge in [-0.25, -0.2) is 4.39 Å². The monoisotopic (exact) mass is 576 g/mol. The SMILES string of the molecule is C=c1cccc(Cl)/c1=C(/C=NC)c1ncc2c(N3CCN(C)[C@@H](CC#N)C3)nc(OC[C@@H]3CCCN3C)nc2c1F. The molecular formula is C30H34ClFN8O. The molecule has 214 valence electrons. The fraction of sp³-hybridized carbons (Fsp3) is 0.433. The molecule has 2 saturated heterocycles. The maximum atomic E-state index is 16.5. The Balaban J connectivity index is 1.67. The van der Waals surface area contributed by atoms with E-state index in [9.17, 15) is 5.26 Å². The number of fused-ring (bicyclic) bond motifs is 1. The fourth-order valence-electron chi connectivity index (χ4n) is 5.58. The van der Waals surface area contributed by atoms with Gasteiger partial charge < -0.3 is 14.5 Å². The van der Waals surface area contributed by atoms with Crippen LogP contribution in [0.3, 0.4) is 0 Å². The predicted octanol–water partition coefficient (Wildman–Crippen LogP) is 2.63. The van der Waals surface area contributed by atoms with E-state index in [0.29, 0.717) is 58.4 Å². The normalized spacial score (nSPS) is 21.0. The Kier molecular flexibility index (Phi) is 8.78. The van der Waals surface area contributed by atoms with Gasteiger partial charge in [-0.2, -0.15) is 15.2 Å². The van der Waals surface area contributed by atoms with Crippen LogP contribution in [0.5, 0.6) is 6.01 Å². The van der Waals surface area contributed by atoms with Gasteiger partial charge in [0.2, 0.25) is 0 Å². The molecule has 0 N–H and O–H groups in total. The van der Waals surface area contributed by atoms with Crippen LogP contribution in [-0.2, 0) is 0 Å². The number of aromatic nitrogens is 3. The van der Waals surface area contributed by atoms with Crippen molar-refractivity contribution in [1.82, 2.24) is 24.8 Å². The number of likely N-dealkylation sites (tertiary alicyclic amines) is 1. The molecule has 2 aliphatic rings. The zero-order valence-corrected chi connectivity index (χ0v) is 24.4. The number of hydrogen-bond acceptors (Lipinski definition) is 9. The molecule has 3 aromatic rings. The second-order valence-electron chi connectivity index (χ2n) is 10.6. The van der Waals surface area contributed by atoms with E-state index < -0.39 is 5.82 Å². The molecule has 5 rings (SSSR count). The Hall–Kier alpha value is -3.65. The van der Waals surface area contributed by atoms with E-state index in [-0.39, 0.29) is 29.3 Å². The van der Waals surface area contributed by atoms with Gasteiger partial charge in [-0.3, -0.25) is 14.9 Å². The molecule has 9 nitrogen and oxygen atoms in total. The molecule has 0 radical (unpaired) electrons. The molecule has 0 spiro atoms. The molecule has 0 bridgehead atoms. The van der Waals surface area contributed by atoms with Crippen molar-refractivity contribution in [2.24, 2.45) is 4.99 Å². The van der Waals surface area contributed by atoms with Gasteiger partial charge in [-0.1, -0.05) is 30.3 Å². The number of rotatable bonds is 7. The summed E-state index contributed by atoms with van der Waals surface area (Å²) in [6, 6.07) is 7.98. The molecule has 4 heterocycles. The highest BCUT2D eigenvalue weighted by molar-refractivity contribution is 6.31. The Labute approximate surface area is 244 Å². The molecule has 2 aromatic heterocycles. The van der Waals surface area contributed by atoms with Crippen molar-refractivity contribution >= 4 is 46.7 Å².